The van der Waals surface area contributed by atoms with E-state index in [1.165, 1.54) is 0 Å². The highest BCUT2D eigenvalue weighted by molar-refractivity contribution is 8.14. The Morgan fingerprint density at radius 1 is 1.78 bits per heavy atom. The second-order valence-corrected chi connectivity index (χ2v) is 2.76. The molecule has 1 fully saturated rings. The highest BCUT2D eigenvalue weighted by atomic mass is 32.2. The van der Waals surface area contributed by atoms with Gasteiger partial charge in [0.15, 0.2) is 5.17 Å². The van der Waals surface area contributed by atoms with Crippen LogP contribution in [0.4, 0.5) is 0 Å². The summed E-state index contributed by atoms with van der Waals surface area (Å²) in [6.07, 6.45) is 0.615. The molecule has 0 aliphatic carbocycles. The van der Waals surface area contributed by atoms with Gasteiger partial charge in [-0.05, 0) is 0 Å². The SMILES string of the molecule is CN=C1NC(=O)CCS1. The van der Waals surface area contributed by atoms with Crippen LogP contribution in [0.2, 0.25) is 0 Å². The molecule has 4 heteroatoms. The molecule has 3 nitrogen and oxygen atoms in total. The summed E-state index contributed by atoms with van der Waals surface area (Å²) in [6.45, 7) is 0. The molecule has 0 saturated carbocycles. The van der Waals surface area contributed by atoms with Gasteiger partial charge in [-0.15, -0.1) is 0 Å². The molecule has 1 heterocycles. The monoisotopic (exact) mass is 144 g/mol. The Kier molecular flexibility index (Phi) is 2.10. The van der Waals surface area contributed by atoms with Crippen LogP contribution in [-0.2, 0) is 4.79 Å². The maximum Gasteiger partial charge on any atom is 0.226 e. The second-order valence-electron chi connectivity index (χ2n) is 1.68. The number of aliphatic imine (C=N–C) groups is 1. The predicted molar refractivity (Wildman–Crippen MR) is 38.6 cm³/mol. The van der Waals surface area contributed by atoms with E-state index < -0.39 is 0 Å². The second kappa shape index (κ2) is 2.87. The molecule has 1 rings (SSSR count). The van der Waals surface area contributed by atoms with Crippen LogP contribution in [0.5, 0.6) is 0 Å². The minimum absolute atomic E-state index is 0.0781. The Hall–Kier alpha value is -0.510. The number of thioether (sulfide) groups is 1. The van der Waals surface area contributed by atoms with Crippen molar-refractivity contribution in [2.75, 3.05) is 12.8 Å². The van der Waals surface area contributed by atoms with Gasteiger partial charge < -0.3 is 5.32 Å². The standard InChI is InChI=1S/C5H8N2OS/c1-6-5-7-4(8)2-3-9-5/h2-3H2,1H3,(H,6,7,8). The summed E-state index contributed by atoms with van der Waals surface area (Å²) in [5, 5.41) is 3.38. The summed E-state index contributed by atoms with van der Waals surface area (Å²) in [5.41, 5.74) is 0. The van der Waals surface area contributed by atoms with Crippen molar-refractivity contribution in [1.82, 2.24) is 5.32 Å². The maximum absolute atomic E-state index is 10.6. The van der Waals surface area contributed by atoms with Crippen molar-refractivity contribution >= 4 is 22.8 Å². The van der Waals surface area contributed by atoms with Crippen molar-refractivity contribution in [1.29, 1.82) is 0 Å². The molecule has 0 aromatic carbocycles. The summed E-state index contributed by atoms with van der Waals surface area (Å²) in [7, 11) is 1.67. The molecule has 0 unspecified atom stereocenters. The molecule has 50 valence electrons. The van der Waals surface area contributed by atoms with E-state index in [0.29, 0.717) is 6.42 Å². The van der Waals surface area contributed by atoms with Crippen LogP contribution in [0.3, 0.4) is 0 Å². The fraction of sp³-hybridized carbons (Fsp3) is 0.600. The van der Waals surface area contributed by atoms with Crippen molar-refractivity contribution in [3.8, 4) is 0 Å². The van der Waals surface area contributed by atoms with Gasteiger partial charge in [-0.3, -0.25) is 9.79 Å². The van der Waals surface area contributed by atoms with Gasteiger partial charge in [0.2, 0.25) is 5.91 Å². The topological polar surface area (TPSA) is 41.5 Å². The molecular formula is C5H8N2OS. The first-order chi connectivity index (χ1) is 4.33. The third kappa shape index (κ3) is 1.71. The molecule has 0 spiro atoms. The zero-order valence-electron chi connectivity index (χ0n) is 5.18. The molecule has 9 heavy (non-hydrogen) atoms. The van der Waals surface area contributed by atoms with Crippen LogP contribution < -0.4 is 5.32 Å². The number of carbonyl (C=O) groups excluding carboxylic acids is 1. The molecule has 1 amide bonds. The first-order valence-corrected chi connectivity index (χ1v) is 3.71. The van der Waals surface area contributed by atoms with Crippen molar-refractivity contribution < 1.29 is 4.79 Å². The van der Waals surface area contributed by atoms with E-state index in [1.54, 1.807) is 18.8 Å². The highest BCUT2D eigenvalue weighted by Crippen LogP contribution is 2.08. The zero-order chi connectivity index (χ0) is 6.69. The molecule has 1 aliphatic heterocycles. The predicted octanol–water partition coefficient (Wildman–Crippen LogP) is 0.225. The van der Waals surface area contributed by atoms with Crippen molar-refractivity contribution in [2.24, 2.45) is 4.99 Å². The largest absolute Gasteiger partial charge is 0.305 e. The van der Waals surface area contributed by atoms with Gasteiger partial charge in [0.05, 0.1) is 0 Å². The molecule has 1 saturated heterocycles. The van der Waals surface area contributed by atoms with E-state index in [4.69, 9.17) is 0 Å². The molecule has 0 atom stereocenters. The van der Waals surface area contributed by atoms with Crippen LogP contribution in [0.25, 0.3) is 0 Å². The van der Waals surface area contributed by atoms with Gasteiger partial charge in [-0.25, -0.2) is 0 Å². The third-order valence-electron chi connectivity index (χ3n) is 1.02. The quantitative estimate of drug-likeness (QED) is 0.528. The Balaban J connectivity index is 2.51. The Labute approximate surface area is 57.9 Å². The molecule has 0 aromatic rings. The lowest BCUT2D eigenvalue weighted by atomic mass is 10.4. The smallest absolute Gasteiger partial charge is 0.226 e. The fourth-order valence-electron chi connectivity index (χ4n) is 0.579. The number of hydrogen-bond donors (Lipinski definition) is 1. The number of hydrogen-bond acceptors (Lipinski definition) is 3. The van der Waals surface area contributed by atoms with E-state index in [9.17, 15) is 4.79 Å². The average Bonchev–Trinajstić information content (AvgIpc) is 1.88. The summed E-state index contributed by atoms with van der Waals surface area (Å²) < 4.78 is 0. The summed E-state index contributed by atoms with van der Waals surface area (Å²) in [6, 6.07) is 0. The minimum atomic E-state index is 0.0781. The minimum Gasteiger partial charge on any atom is -0.305 e. The molecule has 0 bridgehead atoms. The van der Waals surface area contributed by atoms with Crippen molar-refractivity contribution in [3.05, 3.63) is 0 Å². The number of amides is 1. The Morgan fingerprint density at radius 3 is 3.00 bits per heavy atom. The van der Waals surface area contributed by atoms with Gasteiger partial charge in [-0.2, -0.15) is 0 Å². The fourth-order valence-corrected chi connectivity index (χ4v) is 1.37. The van der Waals surface area contributed by atoms with Gasteiger partial charge in [-0.1, -0.05) is 11.8 Å². The summed E-state index contributed by atoms with van der Waals surface area (Å²) in [4.78, 5) is 14.5. The zero-order valence-corrected chi connectivity index (χ0v) is 5.99. The molecule has 0 aromatic heterocycles. The normalized spacial score (nSPS) is 24.1. The number of nitrogens with one attached hydrogen (secondary N) is 1. The average molecular weight is 144 g/mol. The molecule has 0 radical (unpaired) electrons. The van der Waals surface area contributed by atoms with Crippen LogP contribution in [-0.4, -0.2) is 23.9 Å². The Bertz CT molecular complexity index is 155. The number of amidine groups is 1. The van der Waals surface area contributed by atoms with Crippen LogP contribution in [0.1, 0.15) is 6.42 Å². The number of rotatable bonds is 0. The van der Waals surface area contributed by atoms with Crippen LogP contribution >= 0.6 is 11.8 Å². The lowest BCUT2D eigenvalue weighted by Crippen LogP contribution is -2.32. The van der Waals surface area contributed by atoms with Crippen molar-refractivity contribution in [3.63, 3.8) is 0 Å². The van der Waals surface area contributed by atoms with E-state index in [-0.39, 0.29) is 5.91 Å². The van der Waals surface area contributed by atoms with Gasteiger partial charge >= 0.3 is 0 Å². The molecular weight excluding hydrogens is 136 g/mol. The number of carbonyl (C=O) groups is 1. The third-order valence-corrected chi connectivity index (χ3v) is 1.98. The Morgan fingerprint density at radius 2 is 2.56 bits per heavy atom. The number of nitrogens with zero attached hydrogens (tertiary/aromatic N) is 1. The van der Waals surface area contributed by atoms with E-state index in [0.717, 1.165) is 10.9 Å². The highest BCUT2D eigenvalue weighted by Gasteiger charge is 2.11. The van der Waals surface area contributed by atoms with Gasteiger partial charge in [0.25, 0.3) is 0 Å². The van der Waals surface area contributed by atoms with Crippen molar-refractivity contribution in [2.45, 2.75) is 6.42 Å². The van der Waals surface area contributed by atoms with E-state index in [2.05, 4.69) is 10.3 Å². The maximum atomic E-state index is 10.6. The van der Waals surface area contributed by atoms with Gasteiger partial charge in [0, 0.05) is 19.2 Å². The van der Waals surface area contributed by atoms with Crippen LogP contribution in [0, 0.1) is 0 Å². The first-order valence-electron chi connectivity index (χ1n) is 2.72. The van der Waals surface area contributed by atoms with Crippen LogP contribution in [0.15, 0.2) is 4.99 Å². The molecule has 1 N–H and O–H groups in total. The lowest BCUT2D eigenvalue weighted by Gasteiger charge is -2.11. The van der Waals surface area contributed by atoms with E-state index in [1.807, 2.05) is 0 Å². The lowest BCUT2D eigenvalue weighted by molar-refractivity contribution is -0.119. The summed E-state index contributed by atoms with van der Waals surface area (Å²) >= 11 is 1.58. The van der Waals surface area contributed by atoms with E-state index >= 15 is 0 Å². The summed E-state index contributed by atoms with van der Waals surface area (Å²) in [5.74, 6) is 0.938. The first kappa shape index (κ1) is 6.61. The van der Waals surface area contributed by atoms with Gasteiger partial charge in [0.1, 0.15) is 0 Å². The molecule has 1 aliphatic rings.